The third kappa shape index (κ3) is 2.67. The zero-order valence-corrected chi connectivity index (χ0v) is 9.95. The SMILES string of the molecule is CC1OC(N)=NC1CCc1ccc(Cl)cc1. The summed E-state index contributed by atoms with van der Waals surface area (Å²) < 4.78 is 5.29. The van der Waals surface area contributed by atoms with Gasteiger partial charge in [0.1, 0.15) is 6.10 Å². The largest absolute Gasteiger partial charge is 0.460 e. The van der Waals surface area contributed by atoms with Crippen LogP contribution in [0.25, 0.3) is 0 Å². The van der Waals surface area contributed by atoms with Crippen LogP contribution in [0.2, 0.25) is 5.02 Å². The standard InChI is InChI=1S/C12H15ClN2O/c1-8-11(15-12(14)16-8)7-4-9-2-5-10(13)6-3-9/h2-3,5-6,8,11H,4,7H2,1H3,(H2,14,15). The van der Waals surface area contributed by atoms with Crippen molar-refractivity contribution in [2.45, 2.75) is 31.9 Å². The average Bonchev–Trinajstić information content (AvgIpc) is 2.57. The van der Waals surface area contributed by atoms with Gasteiger partial charge in [0.25, 0.3) is 6.02 Å². The van der Waals surface area contributed by atoms with Crippen LogP contribution in [0.1, 0.15) is 18.9 Å². The van der Waals surface area contributed by atoms with Gasteiger partial charge in [-0.1, -0.05) is 23.7 Å². The number of nitrogens with two attached hydrogens (primary N) is 1. The van der Waals surface area contributed by atoms with Crippen LogP contribution >= 0.6 is 11.6 Å². The van der Waals surface area contributed by atoms with Gasteiger partial charge in [-0.25, -0.2) is 4.99 Å². The first-order valence-electron chi connectivity index (χ1n) is 5.39. The number of nitrogens with zero attached hydrogens (tertiary/aromatic N) is 1. The summed E-state index contributed by atoms with van der Waals surface area (Å²) in [6.45, 7) is 2.00. The molecule has 3 nitrogen and oxygen atoms in total. The first-order valence-corrected chi connectivity index (χ1v) is 5.77. The Labute approximate surface area is 100 Å². The summed E-state index contributed by atoms with van der Waals surface area (Å²) in [4.78, 5) is 4.25. The number of rotatable bonds is 3. The minimum Gasteiger partial charge on any atom is -0.460 e. The molecule has 0 aromatic heterocycles. The Morgan fingerprint density at radius 2 is 2.06 bits per heavy atom. The van der Waals surface area contributed by atoms with Crippen molar-refractivity contribution in [3.05, 3.63) is 34.9 Å². The predicted molar refractivity (Wildman–Crippen MR) is 65.7 cm³/mol. The molecule has 0 radical (unpaired) electrons. The molecule has 2 unspecified atom stereocenters. The van der Waals surface area contributed by atoms with Gasteiger partial charge in [-0.3, -0.25) is 0 Å². The van der Waals surface area contributed by atoms with Gasteiger partial charge in [-0.15, -0.1) is 0 Å². The van der Waals surface area contributed by atoms with E-state index in [9.17, 15) is 0 Å². The first-order chi connectivity index (χ1) is 7.65. The van der Waals surface area contributed by atoms with E-state index in [1.807, 2.05) is 31.2 Å². The van der Waals surface area contributed by atoms with E-state index in [1.54, 1.807) is 0 Å². The molecule has 2 rings (SSSR count). The maximum absolute atomic E-state index is 5.82. The van der Waals surface area contributed by atoms with E-state index in [2.05, 4.69) is 4.99 Å². The summed E-state index contributed by atoms with van der Waals surface area (Å²) in [5.41, 5.74) is 6.78. The van der Waals surface area contributed by atoms with E-state index < -0.39 is 0 Å². The maximum atomic E-state index is 5.82. The maximum Gasteiger partial charge on any atom is 0.282 e. The molecule has 0 saturated heterocycles. The second-order valence-electron chi connectivity index (χ2n) is 4.02. The van der Waals surface area contributed by atoms with E-state index in [0.29, 0.717) is 6.02 Å². The van der Waals surface area contributed by atoms with Gasteiger partial charge in [-0.2, -0.15) is 0 Å². The van der Waals surface area contributed by atoms with Gasteiger partial charge in [0.05, 0.1) is 6.04 Å². The molecule has 86 valence electrons. The zero-order valence-electron chi connectivity index (χ0n) is 9.19. The van der Waals surface area contributed by atoms with Gasteiger partial charge in [0.2, 0.25) is 0 Å². The molecule has 0 aliphatic carbocycles. The number of amidine groups is 1. The highest BCUT2D eigenvalue weighted by Gasteiger charge is 2.24. The second-order valence-corrected chi connectivity index (χ2v) is 4.46. The highest BCUT2D eigenvalue weighted by atomic mass is 35.5. The van der Waals surface area contributed by atoms with Crippen molar-refractivity contribution in [1.82, 2.24) is 0 Å². The number of aryl methyl sites for hydroxylation is 1. The Morgan fingerprint density at radius 1 is 1.38 bits per heavy atom. The van der Waals surface area contributed by atoms with Gasteiger partial charge in [0, 0.05) is 5.02 Å². The van der Waals surface area contributed by atoms with Crippen molar-refractivity contribution in [3.63, 3.8) is 0 Å². The fourth-order valence-corrected chi connectivity index (χ4v) is 1.96. The van der Waals surface area contributed by atoms with Crippen LogP contribution in [-0.2, 0) is 11.2 Å². The highest BCUT2D eigenvalue weighted by molar-refractivity contribution is 6.30. The Kier molecular flexibility index (Phi) is 3.34. The van der Waals surface area contributed by atoms with Crippen LogP contribution < -0.4 is 5.73 Å². The normalized spacial score (nSPS) is 24.0. The molecular formula is C12H15ClN2O. The summed E-state index contributed by atoms with van der Waals surface area (Å²) in [6.07, 6.45) is 2.00. The lowest BCUT2D eigenvalue weighted by molar-refractivity contribution is 0.205. The number of halogens is 1. The van der Waals surface area contributed by atoms with Crippen molar-refractivity contribution in [1.29, 1.82) is 0 Å². The molecule has 1 aromatic carbocycles. The molecule has 1 aromatic rings. The molecule has 0 amide bonds. The van der Waals surface area contributed by atoms with Crippen LogP contribution in [0.5, 0.6) is 0 Å². The quantitative estimate of drug-likeness (QED) is 0.879. The van der Waals surface area contributed by atoms with Gasteiger partial charge >= 0.3 is 0 Å². The van der Waals surface area contributed by atoms with Crippen LogP contribution in [0, 0.1) is 0 Å². The van der Waals surface area contributed by atoms with Gasteiger partial charge < -0.3 is 10.5 Å². The van der Waals surface area contributed by atoms with E-state index in [-0.39, 0.29) is 12.1 Å². The molecular weight excluding hydrogens is 224 g/mol. The first kappa shape index (κ1) is 11.3. The Morgan fingerprint density at radius 3 is 2.62 bits per heavy atom. The minimum atomic E-state index is 0.0901. The van der Waals surface area contributed by atoms with Crippen LogP contribution in [-0.4, -0.2) is 18.2 Å². The molecule has 1 heterocycles. The fourth-order valence-electron chi connectivity index (χ4n) is 1.83. The molecule has 0 saturated carbocycles. The number of hydrogen-bond donors (Lipinski definition) is 1. The zero-order chi connectivity index (χ0) is 11.5. The highest BCUT2D eigenvalue weighted by Crippen LogP contribution is 2.18. The van der Waals surface area contributed by atoms with E-state index >= 15 is 0 Å². The molecule has 2 N–H and O–H groups in total. The molecule has 0 fully saturated rings. The third-order valence-electron chi connectivity index (χ3n) is 2.78. The van der Waals surface area contributed by atoms with E-state index in [0.717, 1.165) is 17.9 Å². The van der Waals surface area contributed by atoms with Crippen molar-refractivity contribution >= 4 is 17.6 Å². The number of benzene rings is 1. The predicted octanol–water partition coefficient (Wildman–Crippen LogP) is 2.37. The summed E-state index contributed by atoms with van der Waals surface area (Å²) in [5, 5.41) is 0.767. The Hall–Kier alpha value is -1.22. The topological polar surface area (TPSA) is 47.6 Å². The van der Waals surface area contributed by atoms with E-state index in [4.69, 9.17) is 22.1 Å². The molecule has 4 heteroatoms. The summed E-state index contributed by atoms with van der Waals surface area (Å²) >= 11 is 5.82. The summed E-state index contributed by atoms with van der Waals surface area (Å²) in [7, 11) is 0. The van der Waals surface area contributed by atoms with Crippen molar-refractivity contribution in [3.8, 4) is 0 Å². The fraction of sp³-hybridized carbons (Fsp3) is 0.417. The van der Waals surface area contributed by atoms with Gasteiger partial charge in [0.15, 0.2) is 0 Å². The van der Waals surface area contributed by atoms with E-state index in [1.165, 1.54) is 5.56 Å². The van der Waals surface area contributed by atoms with Crippen molar-refractivity contribution < 1.29 is 4.74 Å². The van der Waals surface area contributed by atoms with Crippen molar-refractivity contribution in [2.75, 3.05) is 0 Å². The lowest BCUT2D eigenvalue weighted by Crippen LogP contribution is -2.20. The van der Waals surface area contributed by atoms with Crippen LogP contribution in [0.15, 0.2) is 29.3 Å². The van der Waals surface area contributed by atoms with Gasteiger partial charge in [-0.05, 0) is 37.5 Å². The molecule has 16 heavy (non-hydrogen) atoms. The average molecular weight is 239 g/mol. The minimum absolute atomic E-state index is 0.0901. The monoisotopic (exact) mass is 238 g/mol. The lowest BCUT2D eigenvalue weighted by Gasteiger charge is -2.11. The number of aliphatic imine (C=N–C) groups is 1. The molecule has 1 aliphatic rings. The smallest absolute Gasteiger partial charge is 0.282 e. The summed E-state index contributed by atoms with van der Waals surface area (Å²) in [6, 6.07) is 8.38. The molecule has 0 spiro atoms. The lowest BCUT2D eigenvalue weighted by atomic mass is 10.0. The number of ether oxygens (including phenoxy) is 1. The summed E-state index contributed by atoms with van der Waals surface area (Å²) in [5.74, 6) is 0. The molecule has 0 bridgehead atoms. The van der Waals surface area contributed by atoms with Crippen molar-refractivity contribution in [2.24, 2.45) is 10.7 Å². The number of hydrogen-bond acceptors (Lipinski definition) is 3. The Balaban J connectivity index is 1.90. The Bertz CT molecular complexity index is 389. The third-order valence-corrected chi connectivity index (χ3v) is 3.04. The molecule has 1 aliphatic heterocycles. The van der Waals surface area contributed by atoms with Crippen LogP contribution in [0.3, 0.4) is 0 Å². The second kappa shape index (κ2) is 4.74. The molecule has 2 atom stereocenters. The van der Waals surface area contributed by atoms with Crippen LogP contribution in [0.4, 0.5) is 0 Å².